The second-order valence-electron chi connectivity index (χ2n) is 10.9. The van der Waals surface area contributed by atoms with E-state index in [4.69, 9.17) is 10.00 Å². The Balaban J connectivity index is 0.000000242. The number of amides is 2. The molecule has 0 radical (unpaired) electrons. The molecule has 7 nitrogen and oxygen atoms in total. The van der Waals surface area contributed by atoms with E-state index in [-0.39, 0.29) is 17.7 Å². The van der Waals surface area contributed by atoms with Gasteiger partial charge in [0.15, 0.2) is 6.29 Å². The molecule has 1 aliphatic heterocycles. The van der Waals surface area contributed by atoms with Crippen LogP contribution in [-0.2, 0) is 17.1 Å². The van der Waals surface area contributed by atoms with E-state index in [2.05, 4.69) is 55.8 Å². The summed E-state index contributed by atoms with van der Waals surface area (Å²) in [6.07, 6.45) is -6.64. The van der Waals surface area contributed by atoms with Crippen molar-refractivity contribution in [3.8, 4) is 6.07 Å². The molecule has 0 atom stereocenters. The van der Waals surface area contributed by atoms with E-state index in [9.17, 15) is 40.7 Å². The maximum absolute atomic E-state index is 12.9. The lowest BCUT2D eigenvalue weighted by Gasteiger charge is -2.12. The van der Waals surface area contributed by atoms with Crippen molar-refractivity contribution >= 4 is 74.7 Å². The molecule has 1 saturated heterocycles. The van der Waals surface area contributed by atoms with Crippen molar-refractivity contribution in [2.75, 3.05) is 23.8 Å². The molecule has 0 aromatic heterocycles. The molecule has 1 fully saturated rings. The smallest absolute Gasteiger partial charge is 0.381 e. The average Bonchev–Trinajstić information content (AvgIpc) is 3.67. The lowest BCUT2D eigenvalue weighted by molar-refractivity contribution is -0.138. The minimum atomic E-state index is -4.67. The number of hydrogen-bond donors (Lipinski definition) is 2. The second kappa shape index (κ2) is 18.5. The van der Waals surface area contributed by atoms with Crippen LogP contribution in [0.15, 0.2) is 72.8 Å². The average molecular weight is 935 g/mol. The number of alkyl halides is 6. The van der Waals surface area contributed by atoms with E-state index >= 15 is 0 Å². The standard InChI is InChI=1S/C16H10F3IN2O.C16H11F3INO2.C4H8O/c1-9-2-3-10(6-14(9)20)15(23)22-12-5-4-11(8-21)13(7-12)16(17,18)19;1-9-2-3-10(6-14(9)20)15(23)21-12-5-4-11(8-22)13(7-12)16(17,18)19;1-2-4-5-3-1/h2-7H,1H3,(H,22,23);2-8H,1H3,(H,21,23);1-4H2. The summed E-state index contributed by atoms with van der Waals surface area (Å²) in [5.74, 6) is -1.03. The molecule has 268 valence electrons. The molecular weight excluding hydrogens is 906 g/mol. The molecule has 0 saturated carbocycles. The molecule has 2 N–H and O–H groups in total. The highest BCUT2D eigenvalue weighted by molar-refractivity contribution is 14.1. The number of aldehydes is 1. The van der Waals surface area contributed by atoms with Gasteiger partial charge in [0.1, 0.15) is 0 Å². The van der Waals surface area contributed by atoms with Gasteiger partial charge in [0.25, 0.3) is 11.8 Å². The van der Waals surface area contributed by atoms with E-state index in [1.165, 1.54) is 31.0 Å². The van der Waals surface area contributed by atoms with E-state index < -0.39 is 46.4 Å². The van der Waals surface area contributed by atoms with Gasteiger partial charge >= 0.3 is 12.4 Å². The number of nitrogens with zero attached hydrogens (tertiary/aromatic N) is 1. The molecule has 51 heavy (non-hydrogen) atoms. The number of carbonyl (C=O) groups is 3. The van der Waals surface area contributed by atoms with Gasteiger partial charge in [-0.3, -0.25) is 14.4 Å². The van der Waals surface area contributed by atoms with Crippen molar-refractivity contribution in [1.82, 2.24) is 0 Å². The van der Waals surface area contributed by atoms with E-state index in [1.54, 1.807) is 36.4 Å². The maximum Gasteiger partial charge on any atom is 0.417 e. The molecule has 4 aromatic carbocycles. The summed E-state index contributed by atoms with van der Waals surface area (Å²) in [5, 5.41) is 13.6. The van der Waals surface area contributed by atoms with Gasteiger partial charge in [-0.05, 0) is 144 Å². The number of hydrogen-bond acceptors (Lipinski definition) is 5. The Bertz CT molecular complexity index is 1930. The molecular formula is C36H29F6I2N3O4. The zero-order chi connectivity index (χ0) is 37.9. The van der Waals surface area contributed by atoms with Crippen molar-refractivity contribution in [3.63, 3.8) is 0 Å². The van der Waals surface area contributed by atoms with Gasteiger partial charge in [0, 0.05) is 48.4 Å². The highest BCUT2D eigenvalue weighted by Crippen LogP contribution is 2.34. The minimum absolute atomic E-state index is 0.0168. The van der Waals surface area contributed by atoms with E-state index in [0.717, 1.165) is 55.7 Å². The molecule has 4 aromatic rings. The summed E-state index contributed by atoms with van der Waals surface area (Å²) in [4.78, 5) is 35.0. The third-order valence-corrected chi connectivity index (χ3v) is 9.47. The third-order valence-electron chi connectivity index (χ3n) is 7.14. The number of rotatable bonds is 5. The van der Waals surface area contributed by atoms with Crippen LogP contribution in [-0.4, -0.2) is 31.3 Å². The quantitative estimate of drug-likeness (QED) is 0.118. The molecule has 1 aliphatic rings. The number of nitrogens with one attached hydrogen (secondary N) is 2. The Morgan fingerprint density at radius 3 is 1.55 bits per heavy atom. The predicted molar refractivity (Wildman–Crippen MR) is 197 cm³/mol. The second-order valence-corrected chi connectivity index (χ2v) is 13.3. The summed E-state index contributed by atoms with van der Waals surface area (Å²) in [5.41, 5.74) is -0.469. The molecule has 0 aliphatic carbocycles. The molecule has 1 heterocycles. The van der Waals surface area contributed by atoms with Gasteiger partial charge in [-0.15, -0.1) is 0 Å². The predicted octanol–water partition coefficient (Wildman–Crippen LogP) is 10.2. The lowest BCUT2D eigenvalue weighted by atomic mass is 10.1. The molecule has 5 rings (SSSR count). The topological polar surface area (TPSA) is 108 Å². The molecule has 0 unspecified atom stereocenters. The van der Waals surface area contributed by atoms with Crippen molar-refractivity contribution in [2.45, 2.75) is 39.0 Å². The van der Waals surface area contributed by atoms with Crippen LogP contribution in [0.25, 0.3) is 0 Å². The lowest BCUT2D eigenvalue weighted by Crippen LogP contribution is -2.14. The van der Waals surface area contributed by atoms with E-state index in [1.807, 2.05) is 13.8 Å². The number of nitriles is 1. The highest BCUT2D eigenvalue weighted by Gasteiger charge is 2.34. The van der Waals surface area contributed by atoms with E-state index in [0.29, 0.717) is 11.1 Å². The van der Waals surface area contributed by atoms with Crippen LogP contribution in [0, 0.1) is 32.3 Å². The summed E-state index contributed by atoms with van der Waals surface area (Å²) >= 11 is 4.15. The Morgan fingerprint density at radius 1 is 0.725 bits per heavy atom. The molecule has 0 bridgehead atoms. The Hall–Kier alpha value is -4.02. The first-order valence-corrected chi connectivity index (χ1v) is 17.1. The van der Waals surface area contributed by atoms with Crippen molar-refractivity contribution < 1.29 is 45.5 Å². The Kier molecular flexibility index (Phi) is 15.0. The van der Waals surface area contributed by atoms with Gasteiger partial charge < -0.3 is 15.4 Å². The van der Waals surface area contributed by atoms with Crippen LogP contribution in [0.4, 0.5) is 37.7 Å². The number of ether oxygens (including phenoxy) is 1. The minimum Gasteiger partial charge on any atom is -0.381 e. The SMILES string of the molecule is C1CCOC1.Cc1ccc(C(=O)Nc2ccc(C#N)c(C(F)(F)F)c2)cc1I.Cc1ccc(C(=O)Nc2ccc(C=O)c(C(F)(F)F)c2)cc1I. The number of benzene rings is 4. The van der Waals surface area contributed by atoms with Gasteiger partial charge in [0.2, 0.25) is 0 Å². The summed E-state index contributed by atoms with van der Waals surface area (Å²) in [6.45, 7) is 5.77. The molecule has 15 heteroatoms. The fourth-order valence-corrected chi connectivity index (χ4v) is 5.35. The number of anilines is 2. The first-order valence-electron chi connectivity index (χ1n) is 14.9. The molecule has 0 spiro atoms. The fraction of sp³-hybridized carbons (Fsp3) is 0.222. The Labute approximate surface area is 317 Å². The first kappa shape index (κ1) is 41.4. The van der Waals surface area contributed by atoms with Crippen LogP contribution in [0.1, 0.15) is 71.7 Å². The van der Waals surface area contributed by atoms with Crippen LogP contribution >= 0.6 is 45.2 Å². The number of aryl methyl sites for hydroxylation is 2. The van der Waals surface area contributed by atoms with Crippen LogP contribution in [0.3, 0.4) is 0 Å². The normalized spacial score (nSPS) is 12.3. The van der Waals surface area contributed by atoms with Crippen LogP contribution in [0.2, 0.25) is 0 Å². The van der Waals surface area contributed by atoms with Crippen LogP contribution < -0.4 is 10.6 Å². The van der Waals surface area contributed by atoms with Crippen molar-refractivity contribution in [2.24, 2.45) is 0 Å². The first-order chi connectivity index (χ1) is 23.9. The van der Waals surface area contributed by atoms with Gasteiger partial charge in [0.05, 0.1) is 22.8 Å². The highest BCUT2D eigenvalue weighted by atomic mass is 127. The van der Waals surface area contributed by atoms with Crippen molar-refractivity contribution in [1.29, 1.82) is 5.26 Å². The molecule has 2 amide bonds. The van der Waals surface area contributed by atoms with Crippen LogP contribution in [0.5, 0.6) is 0 Å². The maximum atomic E-state index is 12.9. The van der Waals surface area contributed by atoms with Gasteiger partial charge in [-0.2, -0.15) is 31.6 Å². The third kappa shape index (κ3) is 12.3. The summed E-state index contributed by atoms with van der Waals surface area (Å²) in [7, 11) is 0. The summed E-state index contributed by atoms with van der Waals surface area (Å²) in [6, 6.07) is 17.6. The fourth-order valence-electron chi connectivity index (χ4n) is 4.32. The number of halogens is 8. The Morgan fingerprint density at radius 2 is 1.18 bits per heavy atom. The zero-order valence-corrected chi connectivity index (χ0v) is 31.3. The zero-order valence-electron chi connectivity index (χ0n) is 26.9. The van der Waals surface area contributed by atoms with Gasteiger partial charge in [-0.1, -0.05) is 12.1 Å². The van der Waals surface area contributed by atoms with Crippen molar-refractivity contribution in [3.05, 3.63) is 124 Å². The largest absolute Gasteiger partial charge is 0.417 e. The van der Waals surface area contributed by atoms with Gasteiger partial charge in [-0.25, -0.2) is 0 Å². The monoisotopic (exact) mass is 935 g/mol. The summed E-state index contributed by atoms with van der Waals surface area (Å²) < 4.78 is 84.1. The number of carbonyl (C=O) groups excluding carboxylic acids is 3.